The molecule has 7 rings (SSSR count). The summed E-state index contributed by atoms with van der Waals surface area (Å²) >= 11 is 3.20. The second-order valence-corrected chi connectivity index (χ2v) is 17.9. The van der Waals surface area contributed by atoms with E-state index in [-0.39, 0.29) is 17.9 Å². The number of nitrogens with zero attached hydrogens (tertiary/aromatic N) is 4. The molecule has 3 amide bonds. The summed E-state index contributed by atoms with van der Waals surface area (Å²) in [6.07, 6.45) is 5.31. The highest BCUT2D eigenvalue weighted by atomic mass is 32.1. The lowest BCUT2D eigenvalue weighted by atomic mass is 10.0. The molecule has 0 bridgehead atoms. The van der Waals surface area contributed by atoms with Crippen LogP contribution in [0.15, 0.2) is 121 Å². The van der Waals surface area contributed by atoms with Crippen molar-refractivity contribution in [3.8, 4) is 32.8 Å². The Kier molecular flexibility index (Phi) is 13.3. The van der Waals surface area contributed by atoms with Crippen molar-refractivity contribution in [2.24, 2.45) is 0 Å². The molecule has 6 aromatic rings. The molecule has 1 fully saturated rings. The molecule has 2 unspecified atom stereocenters. The molecule has 304 valence electrons. The highest BCUT2D eigenvalue weighted by molar-refractivity contribution is 7.15. The third-order valence-corrected chi connectivity index (χ3v) is 12.3. The van der Waals surface area contributed by atoms with Crippen LogP contribution in [0.1, 0.15) is 86.6 Å². The fourth-order valence-electron chi connectivity index (χ4n) is 7.25. The number of ether oxygens (including phenoxy) is 1. The van der Waals surface area contributed by atoms with Gasteiger partial charge in [-0.05, 0) is 67.9 Å². The van der Waals surface area contributed by atoms with E-state index in [0.29, 0.717) is 25.1 Å². The summed E-state index contributed by atoms with van der Waals surface area (Å²) in [6.45, 7) is 9.37. The Morgan fingerprint density at radius 1 is 0.881 bits per heavy atom. The fourth-order valence-corrected chi connectivity index (χ4v) is 9.16. The number of alkyl carbamates (subject to hydrolysis) is 1. The number of rotatable bonds is 14. The quantitative estimate of drug-likeness (QED) is 0.117. The SMILES string of the molecule is CCCCN(Cc1ncc(-c2ccc(-c3ccc(-c4csc(C5CCCN5C(=O)C(NC(=O)OC(C)(C)C)c5ccccc5)n4)cc3)cc2)s1)C(=O)Cc1ccccc1. The van der Waals surface area contributed by atoms with Gasteiger partial charge in [0.2, 0.25) is 5.91 Å². The number of unbranched alkanes of at least 4 members (excludes halogenated alkanes) is 1. The molecule has 1 saturated heterocycles. The van der Waals surface area contributed by atoms with Crippen LogP contribution in [0.3, 0.4) is 0 Å². The second-order valence-electron chi connectivity index (χ2n) is 15.9. The third kappa shape index (κ3) is 10.7. The summed E-state index contributed by atoms with van der Waals surface area (Å²) in [5, 5.41) is 6.71. The maximum absolute atomic E-state index is 14.1. The van der Waals surface area contributed by atoms with Crippen LogP contribution in [0.25, 0.3) is 32.8 Å². The van der Waals surface area contributed by atoms with Crippen molar-refractivity contribution in [2.75, 3.05) is 13.1 Å². The van der Waals surface area contributed by atoms with Crippen molar-refractivity contribution in [3.63, 3.8) is 0 Å². The van der Waals surface area contributed by atoms with E-state index in [4.69, 9.17) is 14.7 Å². The van der Waals surface area contributed by atoms with Crippen LogP contribution in [0, 0.1) is 0 Å². The number of amides is 3. The summed E-state index contributed by atoms with van der Waals surface area (Å²) in [7, 11) is 0. The Labute approximate surface area is 355 Å². The van der Waals surface area contributed by atoms with Crippen LogP contribution in [0.2, 0.25) is 0 Å². The summed E-state index contributed by atoms with van der Waals surface area (Å²) < 4.78 is 5.52. The van der Waals surface area contributed by atoms with Crippen LogP contribution in [0.4, 0.5) is 4.79 Å². The lowest BCUT2D eigenvalue weighted by Crippen LogP contribution is -2.44. The number of aromatic nitrogens is 2. The summed E-state index contributed by atoms with van der Waals surface area (Å²) in [4.78, 5) is 54.9. The molecule has 0 saturated carbocycles. The van der Waals surface area contributed by atoms with Crippen LogP contribution < -0.4 is 5.32 Å². The first-order valence-corrected chi connectivity index (χ1v) is 22.0. The Balaban J connectivity index is 0.994. The standard InChI is InChI=1S/C48H51N5O4S2/c1-5-6-27-52(43(54)29-33-14-9-7-10-15-33)31-42-49-30-41(59-42)37-25-21-35(22-26-37)34-19-23-36(24-20-34)39-32-58-45(50-39)40-18-13-28-53(40)46(55)44(38-16-11-8-12-17-38)51-47(56)57-48(2,3)4/h7-12,14-17,19-26,30,32,40,44H,5-6,13,18,27-29,31H2,1-4H3,(H,51,56). The molecule has 3 heterocycles. The van der Waals surface area contributed by atoms with Crippen molar-refractivity contribution in [2.45, 2.75) is 84.0 Å². The number of carbonyl (C=O) groups is 3. The van der Waals surface area contributed by atoms with Gasteiger partial charge >= 0.3 is 6.09 Å². The van der Waals surface area contributed by atoms with Crippen molar-refractivity contribution in [1.82, 2.24) is 25.1 Å². The van der Waals surface area contributed by atoms with Crippen molar-refractivity contribution in [3.05, 3.63) is 142 Å². The molecule has 1 N–H and O–H groups in total. The normalized spacial score (nSPS) is 14.5. The van der Waals surface area contributed by atoms with Gasteiger partial charge in [-0.1, -0.05) is 123 Å². The lowest BCUT2D eigenvalue weighted by molar-refractivity contribution is -0.134. The first-order valence-electron chi connectivity index (χ1n) is 20.3. The van der Waals surface area contributed by atoms with E-state index in [1.54, 1.807) is 43.4 Å². The van der Waals surface area contributed by atoms with E-state index in [1.165, 1.54) is 0 Å². The molecule has 0 aliphatic carbocycles. The summed E-state index contributed by atoms with van der Waals surface area (Å²) in [6, 6.07) is 35.1. The molecule has 1 aliphatic heterocycles. The minimum absolute atomic E-state index is 0.128. The molecule has 11 heteroatoms. The zero-order valence-corrected chi connectivity index (χ0v) is 35.7. The van der Waals surface area contributed by atoms with E-state index < -0.39 is 17.7 Å². The lowest BCUT2D eigenvalue weighted by Gasteiger charge is -2.29. The molecule has 9 nitrogen and oxygen atoms in total. The van der Waals surface area contributed by atoms with E-state index in [9.17, 15) is 14.4 Å². The zero-order valence-electron chi connectivity index (χ0n) is 34.1. The van der Waals surface area contributed by atoms with Gasteiger partial charge in [-0.25, -0.2) is 14.8 Å². The minimum atomic E-state index is -0.874. The Morgan fingerprint density at radius 3 is 2.19 bits per heavy atom. The van der Waals surface area contributed by atoms with E-state index in [2.05, 4.69) is 66.2 Å². The Hall–Kier alpha value is -5.65. The summed E-state index contributed by atoms with van der Waals surface area (Å²) in [5.41, 5.74) is 6.21. The number of likely N-dealkylation sites (tertiary alicyclic amines) is 1. The number of benzene rings is 4. The largest absolute Gasteiger partial charge is 0.444 e. The van der Waals surface area contributed by atoms with Gasteiger partial charge in [-0.2, -0.15) is 0 Å². The van der Waals surface area contributed by atoms with Crippen molar-refractivity contribution in [1.29, 1.82) is 0 Å². The van der Waals surface area contributed by atoms with Gasteiger partial charge in [0.15, 0.2) is 0 Å². The second kappa shape index (κ2) is 18.9. The highest BCUT2D eigenvalue weighted by Gasteiger charge is 2.37. The van der Waals surface area contributed by atoms with Crippen LogP contribution >= 0.6 is 22.7 Å². The minimum Gasteiger partial charge on any atom is -0.444 e. The number of hydrogen-bond acceptors (Lipinski definition) is 8. The number of nitrogens with one attached hydrogen (secondary N) is 1. The Bertz CT molecular complexity index is 2320. The van der Waals surface area contributed by atoms with Gasteiger partial charge in [0, 0.05) is 30.2 Å². The zero-order chi connectivity index (χ0) is 41.4. The monoisotopic (exact) mass is 825 g/mol. The van der Waals surface area contributed by atoms with Gasteiger partial charge in [-0.15, -0.1) is 22.7 Å². The Morgan fingerprint density at radius 2 is 1.53 bits per heavy atom. The van der Waals surface area contributed by atoms with Gasteiger partial charge in [0.05, 0.1) is 29.6 Å². The highest BCUT2D eigenvalue weighted by Crippen LogP contribution is 2.38. The smallest absolute Gasteiger partial charge is 0.408 e. The number of hydrogen-bond donors (Lipinski definition) is 1. The van der Waals surface area contributed by atoms with Gasteiger partial charge < -0.3 is 19.9 Å². The topological polar surface area (TPSA) is 105 Å². The molecule has 2 atom stereocenters. The molecule has 4 aromatic carbocycles. The predicted molar refractivity (Wildman–Crippen MR) is 237 cm³/mol. The molecule has 2 aromatic heterocycles. The van der Waals surface area contributed by atoms with Crippen molar-refractivity contribution < 1.29 is 19.1 Å². The first kappa shape index (κ1) is 41.5. The number of carbonyl (C=O) groups excluding carboxylic acids is 3. The molecule has 59 heavy (non-hydrogen) atoms. The third-order valence-electron chi connectivity index (χ3n) is 10.3. The maximum atomic E-state index is 14.1. The predicted octanol–water partition coefficient (Wildman–Crippen LogP) is 10.9. The van der Waals surface area contributed by atoms with Crippen LogP contribution in [-0.2, 0) is 27.3 Å². The van der Waals surface area contributed by atoms with E-state index >= 15 is 0 Å². The first-order chi connectivity index (χ1) is 28.5. The average molecular weight is 826 g/mol. The van der Waals surface area contributed by atoms with E-state index in [1.807, 2.05) is 76.7 Å². The number of thiazole rings is 2. The van der Waals surface area contributed by atoms with E-state index in [0.717, 1.165) is 80.6 Å². The molecule has 1 aliphatic rings. The molecular formula is C48H51N5O4S2. The van der Waals surface area contributed by atoms with Crippen LogP contribution in [-0.4, -0.2) is 56.4 Å². The fraction of sp³-hybridized carbons (Fsp3) is 0.312. The van der Waals surface area contributed by atoms with Gasteiger partial charge in [-0.3, -0.25) is 9.59 Å². The molecule has 0 radical (unpaired) electrons. The van der Waals surface area contributed by atoms with Crippen LogP contribution in [0.5, 0.6) is 0 Å². The van der Waals surface area contributed by atoms with Gasteiger partial charge in [0.25, 0.3) is 5.91 Å². The molecular weight excluding hydrogens is 775 g/mol. The average Bonchev–Trinajstić information content (AvgIpc) is 4.04. The van der Waals surface area contributed by atoms with Crippen molar-refractivity contribution >= 4 is 40.6 Å². The summed E-state index contributed by atoms with van der Waals surface area (Å²) in [5.74, 6) is -0.0461. The van der Waals surface area contributed by atoms with Gasteiger partial charge in [0.1, 0.15) is 21.7 Å². The molecule has 0 spiro atoms. The maximum Gasteiger partial charge on any atom is 0.408 e.